The summed E-state index contributed by atoms with van der Waals surface area (Å²) >= 11 is 0. The zero-order chi connectivity index (χ0) is 11.6. The summed E-state index contributed by atoms with van der Waals surface area (Å²) in [6, 6.07) is -0.0670. The molecule has 0 bridgehead atoms. The van der Waals surface area contributed by atoms with Gasteiger partial charge in [0.1, 0.15) is 6.54 Å². The van der Waals surface area contributed by atoms with E-state index in [4.69, 9.17) is 0 Å². The van der Waals surface area contributed by atoms with Crippen LogP contribution in [-0.4, -0.2) is 66.4 Å². The van der Waals surface area contributed by atoms with Crippen molar-refractivity contribution in [3.8, 4) is 0 Å². The quantitative estimate of drug-likeness (QED) is 0.627. The average Bonchev–Trinajstić information content (AvgIpc) is 2.39. The van der Waals surface area contributed by atoms with E-state index < -0.39 is 0 Å². The summed E-state index contributed by atoms with van der Waals surface area (Å²) in [5, 5.41) is 0. The molecule has 5 heteroatoms. The van der Waals surface area contributed by atoms with E-state index in [1.807, 2.05) is 32.8 Å². The second kappa shape index (κ2) is 4.61. The SMILES string of the molecule is CC(C)N1CC(=O)N(CCN(C)C)C1=O. The van der Waals surface area contributed by atoms with Crippen LogP contribution in [0.2, 0.25) is 0 Å². The van der Waals surface area contributed by atoms with Crippen molar-refractivity contribution in [2.45, 2.75) is 19.9 Å². The summed E-state index contributed by atoms with van der Waals surface area (Å²) in [6.45, 7) is 5.25. The maximum Gasteiger partial charge on any atom is 0.327 e. The van der Waals surface area contributed by atoms with Gasteiger partial charge in [-0.15, -0.1) is 0 Å². The van der Waals surface area contributed by atoms with Crippen LogP contribution in [0.5, 0.6) is 0 Å². The number of hydrogen-bond acceptors (Lipinski definition) is 3. The molecule has 1 aliphatic rings. The van der Waals surface area contributed by atoms with E-state index in [2.05, 4.69) is 0 Å². The third-order valence-corrected chi connectivity index (χ3v) is 2.48. The molecule has 86 valence electrons. The highest BCUT2D eigenvalue weighted by molar-refractivity contribution is 6.02. The van der Waals surface area contributed by atoms with Crippen LogP contribution in [0.3, 0.4) is 0 Å². The van der Waals surface area contributed by atoms with E-state index in [9.17, 15) is 9.59 Å². The lowest BCUT2D eigenvalue weighted by Crippen LogP contribution is -2.39. The number of imide groups is 1. The topological polar surface area (TPSA) is 43.9 Å². The first-order valence-corrected chi connectivity index (χ1v) is 5.19. The van der Waals surface area contributed by atoms with Gasteiger partial charge in [0, 0.05) is 19.1 Å². The van der Waals surface area contributed by atoms with Gasteiger partial charge in [-0.05, 0) is 27.9 Å². The number of carbonyl (C=O) groups excluding carboxylic acids is 2. The number of amides is 3. The summed E-state index contributed by atoms with van der Waals surface area (Å²) in [7, 11) is 3.84. The minimum absolute atomic E-state index is 0.0875. The van der Waals surface area contributed by atoms with Gasteiger partial charge in [-0.2, -0.15) is 0 Å². The molecule has 0 aromatic carbocycles. The fourth-order valence-corrected chi connectivity index (χ4v) is 1.48. The van der Waals surface area contributed by atoms with Crippen molar-refractivity contribution in [3.05, 3.63) is 0 Å². The minimum Gasteiger partial charge on any atom is -0.313 e. The van der Waals surface area contributed by atoms with Gasteiger partial charge < -0.3 is 9.80 Å². The molecule has 3 amide bonds. The summed E-state index contributed by atoms with van der Waals surface area (Å²) in [5.74, 6) is -0.0875. The van der Waals surface area contributed by atoms with Crippen molar-refractivity contribution in [2.24, 2.45) is 0 Å². The fourth-order valence-electron chi connectivity index (χ4n) is 1.48. The Morgan fingerprint density at radius 3 is 2.33 bits per heavy atom. The summed E-state index contributed by atoms with van der Waals surface area (Å²) in [5.41, 5.74) is 0. The van der Waals surface area contributed by atoms with E-state index >= 15 is 0 Å². The predicted molar refractivity (Wildman–Crippen MR) is 57.5 cm³/mol. The predicted octanol–water partition coefficient (Wildman–Crippen LogP) is 0.221. The van der Waals surface area contributed by atoms with Crippen molar-refractivity contribution in [2.75, 3.05) is 33.7 Å². The highest BCUT2D eigenvalue weighted by Crippen LogP contribution is 2.12. The van der Waals surface area contributed by atoms with Crippen LogP contribution >= 0.6 is 0 Å². The fraction of sp³-hybridized carbons (Fsp3) is 0.800. The first-order chi connectivity index (χ1) is 6.93. The van der Waals surface area contributed by atoms with E-state index in [1.54, 1.807) is 4.90 Å². The Morgan fingerprint density at radius 2 is 1.93 bits per heavy atom. The standard InChI is InChI=1S/C10H19N3O2/c1-8(2)13-7-9(14)12(10(13)15)6-5-11(3)4/h8H,5-7H2,1-4H3. The molecule has 0 spiro atoms. The van der Waals surface area contributed by atoms with Crippen LogP contribution in [-0.2, 0) is 4.79 Å². The number of urea groups is 1. The van der Waals surface area contributed by atoms with Crippen LogP contribution in [0, 0.1) is 0 Å². The molecule has 0 aromatic heterocycles. The molecule has 0 unspecified atom stereocenters. The summed E-state index contributed by atoms with van der Waals surface area (Å²) < 4.78 is 0. The molecule has 5 nitrogen and oxygen atoms in total. The van der Waals surface area contributed by atoms with Gasteiger partial charge in [0.2, 0.25) is 5.91 Å². The van der Waals surface area contributed by atoms with Gasteiger partial charge in [-0.25, -0.2) is 4.79 Å². The molecular formula is C10H19N3O2. The van der Waals surface area contributed by atoms with Gasteiger partial charge in [-0.3, -0.25) is 9.69 Å². The first kappa shape index (κ1) is 12.0. The zero-order valence-corrected chi connectivity index (χ0v) is 9.86. The number of rotatable bonds is 4. The minimum atomic E-state index is -0.156. The van der Waals surface area contributed by atoms with Crippen LogP contribution in [0.15, 0.2) is 0 Å². The van der Waals surface area contributed by atoms with Gasteiger partial charge in [0.15, 0.2) is 0 Å². The third kappa shape index (κ3) is 2.68. The first-order valence-electron chi connectivity index (χ1n) is 5.19. The normalized spacial score (nSPS) is 17.5. The molecule has 0 aromatic rings. The molecule has 1 rings (SSSR count). The zero-order valence-electron chi connectivity index (χ0n) is 9.86. The third-order valence-electron chi connectivity index (χ3n) is 2.48. The van der Waals surface area contributed by atoms with Crippen molar-refractivity contribution in [3.63, 3.8) is 0 Å². The highest BCUT2D eigenvalue weighted by Gasteiger charge is 2.36. The molecule has 1 saturated heterocycles. The number of nitrogens with zero attached hydrogens (tertiary/aromatic N) is 3. The van der Waals surface area contributed by atoms with Crippen molar-refractivity contribution >= 4 is 11.9 Å². The molecule has 0 radical (unpaired) electrons. The molecule has 1 aliphatic heterocycles. The van der Waals surface area contributed by atoms with Crippen molar-refractivity contribution in [1.82, 2.24) is 14.7 Å². The lowest BCUT2D eigenvalue weighted by Gasteiger charge is -2.21. The summed E-state index contributed by atoms with van der Waals surface area (Å²) in [4.78, 5) is 28.2. The molecule has 0 saturated carbocycles. The Balaban J connectivity index is 2.59. The second-order valence-electron chi connectivity index (χ2n) is 4.35. The van der Waals surface area contributed by atoms with Crippen molar-refractivity contribution < 1.29 is 9.59 Å². The highest BCUT2D eigenvalue weighted by atomic mass is 16.2. The Bertz CT molecular complexity index is 263. The number of hydrogen-bond donors (Lipinski definition) is 0. The Labute approximate surface area is 90.6 Å². The lowest BCUT2D eigenvalue weighted by atomic mass is 10.3. The van der Waals surface area contributed by atoms with Crippen molar-refractivity contribution in [1.29, 1.82) is 0 Å². The molecule has 0 aliphatic carbocycles. The molecule has 0 N–H and O–H groups in total. The Kier molecular flexibility index (Phi) is 3.68. The van der Waals surface area contributed by atoms with E-state index in [-0.39, 0.29) is 24.5 Å². The van der Waals surface area contributed by atoms with Gasteiger partial charge >= 0.3 is 6.03 Å². The average molecular weight is 213 g/mol. The number of carbonyl (C=O) groups is 2. The van der Waals surface area contributed by atoms with Gasteiger partial charge in [0.05, 0.1) is 0 Å². The van der Waals surface area contributed by atoms with Crippen LogP contribution < -0.4 is 0 Å². The smallest absolute Gasteiger partial charge is 0.313 e. The van der Waals surface area contributed by atoms with Crippen LogP contribution in [0.1, 0.15) is 13.8 Å². The Morgan fingerprint density at radius 1 is 1.33 bits per heavy atom. The van der Waals surface area contributed by atoms with E-state index in [1.165, 1.54) is 4.90 Å². The number of likely N-dealkylation sites (N-methyl/N-ethyl adjacent to an activating group) is 1. The maximum absolute atomic E-state index is 11.8. The van der Waals surface area contributed by atoms with Crippen LogP contribution in [0.4, 0.5) is 4.79 Å². The monoisotopic (exact) mass is 213 g/mol. The second-order valence-corrected chi connectivity index (χ2v) is 4.35. The lowest BCUT2D eigenvalue weighted by molar-refractivity contribution is -0.125. The molecule has 1 fully saturated rings. The van der Waals surface area contributed by atoms with E-state index in [0.717, 1.165) is 0 Å². The molecule has 15 heavy (non-hydrogen) atoms. The maximum atomic E-state index is 11.8. The largest absolute Gasteiger partial charge is 0.327 e. The summed E-state index contributed by atoms with van der Waals surface area (Å²) in [6.07, 6.45) is 0. The molecule has 1 heterocycles. The van der Waals surface area contributed by atoms with Gasteiger partial charge in [-0.1, -0.05) is 0 Å². The van der Waals surface area contributed by atoms with E-state index in [0.29, 0.717) is 13.1 Å². The molecule has 0 atom stereocenters. The van der Waals surface area contributed by atoms with Crippen LogP contribution in [0.25, 0.3) is 0 Å². The molecular weight excluding hydrogens is 194 g/mol. The van der Waals surface area contributed by atoms with Gasteiger partial charge in [0.25, 0.3) is 0 Å². The Hall–Kier alpha value is -1.10.